The predicted octanol–water partition coefficient (Wildman–Crippen LogP) is 10.5. The largest absolute Gasteiger partial charge is 0.497 e. The SMILES string of the molecule is CC#CN1C(=O)C2=C(c3ccc(N(c4ccc(OC)cc4)c4ccc(OC)cc4)cc3)N(CC)C(=O)C2=C1c1ccc(N(c2ccc(OC)cc2)c2ccc(OC)cc2)cc1. The first-order chi connectivity index (χ1) is 29.8. The van der Waals surface area contributed by atoms with Crippen molar-refractivity contribution in [2.75, 3.05) is 44.8 Å². The van der Waals surface area contributed by atoms with Crippen LogP contribution < -0.4 is 28.7 Å². The van der Waals surface area contributed by atoms with Gasteiger partial charge in [0.25, 0.3) is 11.8 Å². The third-order valence-electron chi connectivity index (χ3n) is 10.8. The van der Waals surface area contributed by atoms with Crippen molar-refractivity contribution in [2.45, 2.75) is 13.8 Å². The van der Waals surface area contributed by atoms with E-state index in [1.165, 1.54) is 4.90 Å². The van der Waals surface area contributed by atoms with Crippen LogP contribution in [0.4, 0.5) is 34.1 Å². The standard InChI is InChI=1S/C51H44N4O6/c1-7-33-53-49(35-11-15-37(16-12-35)55(40-21-29-44(60-5)30-22-40)41-23-31-45(61-6)32-24-41)47-46(51(53)57)48(52(8-2)50(47)56)34-9-13-36(14-10-34)54(38-17-25-42(58-3)26-18-38)39-19-27-43(59-4)28-20-39/h9-32H,8H2,1-6H3. The number of amides is 2. The van der Waals surface area contributed by atoms with Gasteiger partial charge in [0.05, 0.1) is 51.0 Å². The molecule has 0 spiro atoms. The second-order valence-corrected chi connectivity index (χ2v) is 14.1. The summed E-state index contributed by atoms with van der Waals surface area (Å²) in [6, 6.07) is 50.0. The maximum atomic E-state index is 14.5. The summed E-state index contributed by atoms with van der Waals surface area (Å²) in [6.07, 6.45) is 0. The lowest BCUT2D eigenvalue weighted by Gasteiger charge is -2.27. The van der Waals surface area contributed by atoms with Crippen LogP contribution in [-0.4, -0.2) is 56.6 Å². The van der Waals surface area contributed by atoms with Gasteiger partial charge in [0.1, 0.15) is 23.0 Å². The van der Waals surface area contributed by atoms with Crippen LogP contribution >= 0.6 is 0 Å². The molecule has 304 valence electrons. The minimum Gasteiger partial charge on any atom is -0.497 e. The number of rotatable bonds is 13. The summed E-state index contributed by atoms with van der Waals surface area (Å²) in [5.74, 6) is 5.30. The molecular weight excluding hydrogens is 765 g/mol. The minimum absolute atomic E-state index is 0.249. The second-order valence-electron chi connectivity index (χ2n) is 14.1. The molecule has 8 rings (SSSR count). The molecule has 0 unspecified atom stereocenters. The summed E-state index contributed by atoms with van der Waals surface area (Å²) in [7, 11) is 6.57. The number of ether oxygens (including phenoxy) is 4. The summed E-state index contributed by atoms with van der Waals surface area (Å²) in [6.45, 7) is 3.96. The molecule has 0 radical (unpaired) electrons. The summed E-state index contributed by atoms with van der Waals surface area (Å²) >= 11 is 0. The zero-order valence-electron chi connectivity index (χ0n) is 34.8. The van der Waals surface area contributed by atoms with Crippen molar-refractivity contribution in [1.29, 1.82) is 0 Å². The quantitative estimate of drug-likeness (QED) is 0.107. The van der Waals surface area contributed by atoms with E-state index in [-0.39, 0.29) is 11.8 Å². The number of carbonyl (C=O) groups excluding carboxylic acids is 2. The highest BCUT2D eigenvalue weighted by atomic mass is 16.5. The number of benzene rings is 6. The van der Waals surface area contributed by atoms with Crippen molar-refractivity contribution in [1.82, 2.24) is 9.80 Å². The number of hydrogen-bond donors (Lipinski definition) is 0. The average Bonchev–Trinajstić information content (AvgIpc) is 3.77. The lowest BCUT2D eigenvalue weighted by molar-refractivity contribution is -0.123. The Labute approximate surface area is 356 Å². The van der Waals surface area contributed by atoms with Gasteiger partial charge in [-0.3, -0.25) is 9.59 Å². The van der Waals surface area contributed by atoms with Gasteiger partial charge in [0.2, 0.25) is 0 Å². The fraction of sp³-hybridized carbons (Fsp3) is 0.137. The molecule has 2 aliphatic rings. The Morgan fingerprint density at radius 3 is 1.03 bits per heavy atom. The molecule has 61 heavy (non-hydrogen) atoms. The molecule has 6 aromatic carbocycles. The van der Waals surface area contributed by atoms with E-state index >= 15 is 0 Å². The Kier molecular flexibility index (Phi) is 11.2. The van der Waals surface area contributed by atoms with Crippen molar-refractivity contribution in [3.8, 4) is 35.0 Å². The topological polar surface area (TPSA) is 84.0 Å². The third kappa shape index (κ3) is 7.38. The van der Waals surface area contributed by atoms with Crippen LogP contribution in [0.5, 0.6) is 23.0 Å². The van der Waals surface area contributed by atoms with Gasteiger partial charge in [-0.25, -0.2) is 4.90 Å². The zero-order chi connectivity index (χ0) is 42.6. The number of nitrogens with zero attached hydrogens (tertiary/aromatic N) is 4. The van der Waals surface area contributed by atoms with Gasteiger partial charge in [-0.2, -0.15) is 0 Å². The minimum atomic E-state index is -0.344. The first-order valence-corrected chi connectivity index (χ1v) is 19.8. The molecule has 0 aliphatic carbocycles. The molecule has 0 saturated heterocycles. The molecule has 10 nitrogen and oxygen atoms in total. The number of likely N-dealkylation sites (N-methyl/N-ethyl adjacent to an activating group) is 1. The molecule has 0 saturated carbocycles. The van der Waals surface area contributed by atoms with E-state index < -0.39 is 0 Å². The van der Waals surface area contributed by atoms with Crippen LogP contribution in [0.15, 0.2) is 157 Å². The van der Waals surface area contributed by atoms with E-state index in [9.17, 15) is 9.59 Å². The highest BCUT2D eigenvalue weighted by Crippen LogP contribution is 2.47. The van der Waals surface area contributed by atoms with E-state index in [1.807, 2.05) is 153 Å². The highest BCUT2D eigenvalue weighted by molar-refractivity contribution is 6.30. The number of hydrogen-bond acceptors (Lipinski definition) is 8. The maximum absolute atomic E-state index is 14.5. The Balaban J connectivity index is 1.20. The molecule has 10 heteroatoms. The zero-order valence-corrected chi connectivity index (χ0v) is 34.8. The van der Waals surface area contributed by atoms with E-state index in [1.54, 1.807) is 40.3 Å². The fourth-order valence-corrected chi connectivity index (χ4v) is 7.80. The van der Waals surface area contributed by atoms with Crippen LogP contribution in [-0.2, 0) is 9.59 Å². The van der Waals surface area contributed by atoms with E-state index in [0.29, 0.717) is 34.6 Å². The first-order valence-electron chi connectivity index (χ1n) is 19.8. The first kappa shape index (κ1) is 39.9. The highest BCUT2D eigenvalue weighted by Gasteiger charge is 2.48. The monoisotopic (exact) mass is 808 g/mol. The molecule has 6 aromatic rings. The van der Waals surface area contributed by atoms with E-state index in [4.69, 9.17) is 18.9 Å². The second kappa shape index (κ2) is 17.1. The van der Waals surface area contributed by atoms with Gasteiger partial charge in [-0.1, -0.05) is 30.2 Å². The Hall–Kier alpha value is -7.90. The lowest BCUT2D eigenvalue weighted by atomic mass is 10.0. The predicted molar refractivity (Wildman–Crippen MR) is 240 cm³/mol. The van der Waals surface area contributed by atoms with Gasteiger partial charge < -0.3 is 33.6 Å². The number of fused-ring (bicyclic) bond motifs is 1. The normalized spacial score (nSPS) is 13.2. The van der Waals surface area contributed by atoms with Crippen molar-refractivity contribution in [3.63, 3.8) is 0 Å². The molecule has 0 N–H and O–H groups in total. The number of carbonyl (C=O) groups is 2. The molecule has 2 aliphatic heterocycles. The molecular formula is C51H44N4O6. The maximum Gasteiger partial charge on any atom is 0.273 e. The Morgan fingerprint density at radius 2 is 0.738 bits per heavy atom. The van der Waals surface area contributed by atoms with Gasteiger partial charge in [0.15, 0.2) is 0 Å². The van der Waals surface area contributed by atoms with Crippen LogP contribution in [0.1, 0.15) is 25.0 Å². The van der Waals surface area contributed by atoms with Crippen LogP contribution in [0.3, 0.4) is 0 Å². The van der Waals surface area contributed by atoms with Crippen LogP contribution in [0.25, 0.3) is 11.4 Å². The molecule has 0 fully saturated rings. The molecule has 0 aromatic heterocycles. The van der Waals surface area contributed by atoms with Gasteiger partial charge >= 0.3 is 0 Å². The molecule has 2 heterocycles. The summed E-state index contributed by atoms with van der Waals surface area (Å²) in [5.41, 5.74) is 8.51. The average molecular weight is 809 g/mol. The third-order valence-corrected chi connectivity index (χ3v) is 10.8. The van der Waals surface area contributed by atoms with Gasteiger partial charge in [0, 0.05) is 52.3 Å². The Morgan fingerprint density at radius 1 is 0.443 bits per heavy atom. The van der Waals surface area contributed by atoms with Crippen molar-refractivity contribution in [2.24, 2.45) is 0 Å². The lowest BCUT2D eigenvalue weighted by Crippen LogP contribution is -2.28. The smallest absolute Gasteiger partial charge is 0.273 e. The molecule has 0 bridgehead atoms. The summed E-state index contributed by atoms with van der Waals surface area (Å²) < 4.78 is 21.7. The number of methoxy groups -OCH3 is 4. The number of anilines is 6. The van der Waals surface area contributed by atoms with E-state index in [0.717, 1.165) is 62.7 Å². The van der Waals surface area contributed by atoms with Gasteiger partial charge in [-0.15, -0.1) is 0 Å². The van der Waals surface area contributed by atoms with Crippen LogP contribution in [0.2, 0.25) is 0 Å². The summed E-state index contributed by atoms with van der Waals surface area (Å²) in [4.78, 5) is 36.4. The molecule has 0 atom stereocenters. The Bertz CT molecular complexity index is 2600. The van der Waals surface area contributed by atoms with Gasteiger partial charge in [-0.05, 0) is 141 Å². The molecule has 2 amide bonds. The van der Waals surface area contributed by atoms with Crippen molar-refractivity contribution < 1.29 is 28.5 Å². The van der Waals surface area contributed by atoms with Crippen LogP contribution in [0, 0.1) is 12.0 Å². The van der Waals surface area contributed by atoms with Crippen molar-refractivity contribution >= 4 is 57.3 Å². The van der Waals surface area contributed by atoms with E-state index in [2.05, 4.69) is 21.8 Å². The fourth-order valence-electron chi connectivity index (χ4n) is 7.80. The summed E-state index contributed by atoms with van der Waals surface area (Å²) in [5, 5.41) is 0. The van der Waals surface area contributed by atoms with Crippen molar-refractivity contribution in [3.05, 3.63) is 168 Å².